The van der Waals surface area contributed by atoms with E-state index in [4.69, 9.17) is 0 Å². The van der Waals surface area contributed by atoms with E-state index in [1.54, 1.807) is 6.92 Å². The van der Waals surface area contributed by atoms with E-state index in [1.807, 2.05) is 23.1 Å². The van der Waals surface area contributed by atoms with Crippen molar-refractivity contribution >= 4 is 34.6 Å². The third kappa shape index (κ3) is 5.13. The molecule has 8 heteroatoms. The Morgan fingerprint density at radius 1 is 0.968 bits per heavy atom. The molecular weight excluding hydrogens is 392 g/mol. The number of ketones is 1. The highest BCUT2D eigenvalue weighted by Gasteiger charge is 2.20. The Bertz CT molecular complexity index is 932. The predicted molar refractivity (Wildman–Crippen MR) is 122 cm³/mol. The third-order valence-corrected chi connectivity index (χ3v) is 6.07. The zero-order chi connectivity index (χ0) is 21.8. The van der Waals surface area contributed by atoms with Crippen LogP contribution in [0.5, 0.6) is 0 Å². The number of benzene rings is 1. The number of aromatic nitrogens is 2. The van der Waals surface area contributed by atoms with Crippen molar-refractivity contribution in [1.29, 1.82) is 0 Å². The summed E-state index contributed by atoms with van der Waals surface area (Å²) >= 11 is 0. The monoisotopic (exact) mass is 422 g/mol. The van der Waals surface area contributed by atoms with Crippen LogP contribution in [-0.4, -0.2) is 59.0 Å². The van der Waals surface area contributed by atoms with Gasteiger partial charge in [0.15, 0.2) is 17.3 Å². The Morgan fingerprint density at radius 3 is 2.26 bits per heavy atom. The fourth-order valence-electron chi connectivity index (χ4n) is 4.30. The Labute approximate surface area is 183 Å². The SMILES string of the molecule is CC(=O)c1nnc(Nc2ccc(N3CCN(C(C)=O)CC3)cc2)cc1NC1CCCC1. The average molecular weight is 423 g/mol. The van der Waals surface area contributed by atoms with Gasteiger partial charge in [0.05, 0.1) is 5.69 Å². The molecule has 2 heterocycles. The lowest BCUT2D eigenvalue weighted by molar-refractivity contribution is -0.129. The van der Waals surface area contributed by atoms with Gasteiger partial charge in [-0.05, 0) is 37.1 Å². The number of nitrogens with zero attached hydrogens (tertiary/aromatic N) is 4. The summed E-state index contributed by atoms with van der Waals surface area (Å²) in [5.41, 5.74) is 3.17. The van der Waals surface area contributed by atoms with E-state index in [9.17, 15) is 9.59 Å². The molecule has 1 amide bonds. The lowest BCUT2D eigenvalue weighted by Crippen LogP contribution is -2.48. The second kappa shape index (κ2) is 9.32. The summed E-state index contributed by atoms with van der Waals surface area (Å²) in [5, 5.41) is 15.1. The summed E-state index contributed by atoms with van der Waals surface area (Å²) in [5.74, 6) is 0.653. The van der Waals surface area contributed by atoms with Gasteiger partial charge < -0.3 is 20.4 Å². The zero-order valence-corrected chi connectivity index (χ0v) is 18.2. The molecule has 1 saturated carbocycles. The first-order valence-electron chi connectivity index (χ1n) is 11.0. The molecule has 0 radical (unpaired) electrons. The van der Waals surface area contributed by atoms with E-state index in [-0.39, 0.29) is 11.7 Å². The van der Waals surface area contributed by atoms with Crippen molar-refractivity contribution in [2.24, 2.45) is 0 Å². The van der Waals surface area contributed by atoms with Crippen LogP contribution in [0.4, 0.5) is 22.9 Å². The minimum atomic E-state index is -0.0891. The lowest BCUT2D eigenvalue weighted by atomic mass is 10.2. The molecule has 31 heavy (non-hydrogen) atoms. The van der Waals surface area contributed by atoms with Gasteiger partial charge in [-0.2, -0.15) is 0 Å². The van der Waals surface area contributed by atoms with Crippen LogP contribution in [0.3, 0.4) is 0 Å². The van der Waals surface area contributed by atoms with Crippen LogP contribution < -0.4 is 15.5 Å². The molecule has 1 saturated heterocycles. The number of carbonyl (C=O) groups excluding carboxylic acids is 2. The van der Waals surface area contributed by atoms with Gasteiger partial charge in [-0.1, -0.05) is 12.8 Å². The number of Topliss-reactive ketones (excluding diaryl/α,β-unsaturated/α-hetero) is 1. The minimum absolute atomic E-state index is 0.0891. The molecule has 0 bridgehead atoms. The van der Waals surface area contributed by atoms with Crippen molar-refractivity contribution in [2.75, 3.05) is 41.7 Å². The van der Waals surface area contributed by atoms with E-state index in [1.165, 1.54) is 19.8 Å². The maximum Gasteiger partial charge on any atom is 0.219 e. The Balaban J connectivity index is 1.43. The highest BCUT2D eigenvalue weighted by Crippen LogP contribution is 2.27. The number of anilines is 4. The number of hydrogen-bond acceptors (Lipinski definition) is 7. The Hall–Kier alpha value is -3.16. The molecule has 1 aliphatic carbocycles. The second-order valence-electron chi connectivity index (χ2n) is 8.34. The molecule has 2 aliphatic rings. The summed E-state index contributed by atoms with van der Waals surface area (Å²) in [6.07, 6.45) is 4.66. The molecule has 1 aliphatic heterocycles. The van der Waals surface area contributed by atoms with Gasteiger partial charge in [-0.3, -0.25) is 9.59 Å². The quantitative estimate of drug-likeness (QED) is 0.689. The summed E-state index contributed by atoms with van der Waals surface area (Å²) in [6.45, 7) is 6.32. The molecule has 2 fully saturated rings. The van der Waals surface area contributed by atoms with Gasteiger partial charge in [-0.25, -0.2) is 0 Å². The topological polar surface area (TPSA) is 90.5 Å². The van der Waals surface area contributed by atoms with Gasteiger partial charge >= 0.3 is 0 Å². The molecule has 0 spiro atoms. The van der Waals surface area contributed by atoms with Gasteiger partial charge in [0.25, 0.3) is 0 Å². The lowest BCUT2D eigenvalue weighted by Gasteiger charge is -2.35. The zero-order valence-electron chi connectivity index (χ0n) is 18.2. The van der Waals surface area contributed by atoms with Gasteiger partial charge in [0.2, 0.25) is 5.91 Å². The van der Waals surface area contributed by atoms with Crippen LogP contribution >= 0.6 is 0 Å². The van der Waals surface area contributed by atoms with Crippen LogP contribution in [0.25, 0.3) is 0 Å². The van der Waals surface area contributed by atoms with E-state index in [0.29, 0.717) is 17.6 Å². The van der Waals surface area contributed by atoms with Crippen molar-refractivity contribution in [2.45, 2.75) is 45.6 Å². The van der Waals surface area contributed by atoms with Crippen molar-refractivity contribution in [3.63, 3.8) is 0 Å². The molecule has 164 valence electrons. The first-order chi connectivity index (χ1) is 15.0. The number of nitrogens with one attached hydrogen (secondary N) is 2. The summed E-state index contributed by atoms with van der Waals surface area (Å²) in [7, 11) is 0. The molecule has 4 rings (SSSR count). The number of piperazine rings is 1. The summed E-state index contributed by atoms with van der Waals surface area (Å²) in [4.78, 5) is 27.6. The standard InChI is InChI=1S/C23H30N6O2/c1-16(30)23-21(24-18-5-3-4-6-18)15-22(26-27-23)25-19-7-9-20(10-8-19)29-13-11-28(12-14-29)17(2)31/h7-10,15,18H,3-6,11-14H2,1-2H3,(H2,24,25,26). The molecule has 8 nitrogen and oxygen atoms in total. The maximum atomic E-state index is 12.0. The number of amides is 1. The largest absolute Gasteiger partial charge is 0.380 e. The second-order valence-corrected chi connectivity index (χ2v) is 8.34. The summed E-state index contributed by atoms with van der Waals surface area (Å²) in [6, 6.07) is 10.4. The highest BCUT2D eigenvalue weighted by atomic mass is 16.2. The molecule has 1 aromatic carbocycles. The number of carbonyl (C=O) groups is 2. The van der Waals surface area contributed by atoms with Crippen molar-refractivity contribution < 1.29 is 9.59 Å². The third-order valence-electron chi connectivity index (χ3n) is 6.07. The van der Waals surface area contributed by atoms with E-state index in [2.05, 4.69) is 37.9 Å². The van der Waals surface area contributed by atoms with Crippen molar-refractivity contribution in [3.05, 3.63) is 36.0 Å². The van der Waals surface area contributed by atoms with Crippen LogP contribution in [0.2, 0.25) is 0 Å². The van der Waals surface area contributed by atoms with Crippen LogP contribution in [0.1, 0.15) is 50.0 Å². The number of hydrogen-bond donors (Lipinski definition) is 2. The number of rotatable bonds is 6. The van der Waals surface area contributed by atoms with Crippen LogP contribution in [0, 0.1) is 0 Å². The van der Waals surface area contributed by atoms with Gasteiger partial charge in [0, 0.05) is 63.5 Å². The van der Waals surface area contributed by atoms with Crippen LogP contribution in [-0.2, 0) is 4.79 Å². The molecule has 0 unspecified atom stereocenters. The molecule has 0 atom stereocenters. The fraction of sp³-hybridized carbons (Fsp3) is 0.478. The first kappa shape index (κ1) is 21.1. The van der Waals surface area contributed by atoms with Crippen molar-refractivity contribution in [3.8, 4) is 0 Å². The van der Waals surface area contributed by atoms with Crippen LogP contribution in [0.15, 0.2) is 30.3 Å². The molecular formula is C23H30N6O2. The average Bonchev–Trinajstić information content (AvgIpc) is 3.27. The van der Waals surface area contributed by atoms with E-state index < -0.39 is 0 Å². The fourth-order valence-corrected chi connectivity index (χ4v) is 4.30. The summed E-state index contributed by atoms with van der Waals surface area (Å²) < 4.78 is 0. The smallest absolute Gasteiger partial charge is 0.219 e. The minimum Gasteiger partial charge on any atom is -0.380 e. The maximum absolute atomic E-state index is 12.0. The molecule has 2 aromatic rings. The molecule has 1 aromatic heterocycles. The first-order valence-corrected chi connectivity index (χ1v) is 11.0. The Kier molecular flexibility index (Phi) is 6.34. The van der Waals surface area contributed by atoms with Gasteiger partial charge in [0.1, 0.15) is 0 Å². The predicted octanol–water partition coefficient (Wildman–Crippen LogP) is 3.45. The molecule has 2 N–H and O–H groups in total. The highest BCUT2D eigenvalue weighted by molar-refractivity contribution is 5.97. The normalized spacial score (nSPS) is 17.0. The van der Waals surface area contributed by atoms with E-state index in [0.717, 1.165) is 56.1 Å². The van der Waals surface area contributed by atoms with E-state index >= 15 is 0 Å². The Morgan fingerprint density at radius 2 is 1.65 bits per heavy atom. The van der Waals surface area contributed by atoms with Crippen molar-refractivity contribution in [1.82, 2.24) is 15.1 Å². The van der Waals surface area contributed by atoms with Gasteiger partial charge in [-0.15, -0.1) is 10.2 Å².